The Morgan fingerprint density at radius 1 is 1.14 bits per heavy atom. The van der Waals surface area contributed by atoms with Gasteiger partial charge in [0.25, 0.3) is 5.91 Å². The number of nitrogens with one attached hydrogen (secondary N) is 1. The first-order chi connectivity index (χ1) is 16.4. The lowest BCUT2D eigenvalue weighted by Gasteiger charge is -2.39. The topological polar surface area (TPSA) is 75.7 Å². The molecule has 10 heteroatoms. The summed E-state index contributed by atoms with van der Waals surface area (Å²) < 4.78 is 46.0. The predicted octanol–water partition coefficient (Wildman–Crippen LogP) is 5.38. The number of amides is 1. The van der Waals surface area contributed by atoms with Crippen molar-refractivity contribution in [3.05, 3.63) is 62.9 Å². The van der Waals surface area contributed by atoms with Gasteiger partial charge in [-0.2, -0.15) is 0 Å². The molecule has 2 aliphatic rings. The van der Waals surface area contributed by atoms with Crippen LogP contribution in [0.4, 0.5) is 4.39 Å². The molecule has 190 valence electrons. The van der Waals surface area contributed by atoms with Crippen LogP contribution in [0.3, 0.4) is 0 Å². The summed E-state index contributed by atoms with van der Waals surface area (Å²) in [5.41, 5.74) is 1.37. The Bertz CT molecular complexity index is 1210. The maximum Gasteiger partial charge on any atom is 0.267 e. The highest BCUT2D eigenvalue weighted by Crippen LogP contribution is 2.43. The van der Waals surface area contributed by atoms with Gasteiger partial charge in [0.1, 0.15) is 0 Å². The smallest absolute Gasteiger partial charge is 0.267 e. The maximum absolute atomic E-state index is 15.2. The van der Waals surface area contributed by atoms with E-state index in [1.54, 1.807) is 12.1 Å². The third-order valence-electron chi connectivity index (χ3n) is 6.60. The molecule has 0 bridgehead atoms. The molecule has 1 saturated heterocycles. The second-order valence-corrected chi connectivity index (χ2v) is 12.6. The van der Waals surface area contributed by atoms with Crippen molar-refractivity contribution in [1.82, 2.24) is 9.62 Å². The van der Waals surface area contributed by atoms with Crippen molar-refractivity contribution in [1.29, 1.82) is 0 Å². The zero-order chi connectivity index (χ0) is 25.4. The van der Waals surface area contributed by atoms with Gasteiger partial charge < -0.3 is 4.74 Å². The molecule has 0 spiro atoms. The average molecular weight is 543 g/mol. The quantitative estimate of drug-likeness (QED) is 0.484. The van der Waals surface area contributed by atoms with Gasteiger partial charge >= 0.3 is 0 Å². The Hall–Kier alpha value is -1.87. The van der Waals surface area contributed by atoms with E-state index in [0.717, 1.165) is 62.7 Å². The lowest BCUT2D eigenvalue weighted by atomic mass is 9.81. The Balaban J connectivity index is 1.42. The molecular formula is C25H29Cl2FN2O4S. The number of carbonyl (C=O) groups is 1. The van der Waals surface area contributed by atoms with Crippen molar-refractivity contribution >= 4 is 39.1 Å². The van der Waals surface area contributed by atoms with Crippen LogP contribution in [-0.2, 0) is 16.6 Å². The van der Waals surface area contributed by atoms with E-state index >= 15 is 4.39 Å². The first-order valence-electron chi connectivity index (χ1n) is 11.6. The van der Waals surface area contributed by atoms with Crippen LogP contribution in [0, 0.1) is 11.2 Å². The Labute approximate surface area is 215 Å². The van der Waals surface area contributed by atoms with Crippen LogP contribution in [0.5, 0.6) is 5.75 Å². The summed E-state index contributed by atoms with van der Waals surface area (Å²) in [6.07, 6.45) is 4.46. The molecule has 2 fully saturated rings. The summed E-state index contributed by atoms with van der Waals surface area (Å²) >= 11 is 12.2. The van der Waals surface area contributed by atoms with Crippen LogP contribution in [0.2, 0.25) is 10.0 Å². The van der Waals surface area contributed by atoms with Crippen LogP contribution < -0.4 is 9.46 Å². The van der Waals surface area contributed by atoms with E-state index in [0.29, 0.717) is 16.7 Å². The van der Waals surface area contributed by atoms with Gasteiger partial charge in [-0.25, -0.2) is 17.5 Å². The van der Waals surface area contributed by atoms with Gasteiger partial charge in [-0.3, -0.25) is 9.69 Å². The number of ether oxygens (including phenoxy) is 1. The number of sulfonamides is 1. The molecule has 0 atom stereocenters. The van der Waals surface area contributed by atoms with Crippen molar-refractivity contribution in [3.8, 4) is 5.75 Å². The van der Waals surface area contributed by atoms with Crippen molar-refractivity contribution < 1.29 is 22.3 Å². The minimum Gasteiger partial charge on any atom is -0.490 e. The summed E-state index contributed by atoms with van der Waals surface area (Å²) in [6.45, 7) is 4.84. The van der Waals surface area contributed by atoms with Crippen LogP contribution in [-0.4, -0.2) is 45.2 Å². The molecule has 1 aliphatic heterocycles. The summed E-state index contributed by atoms with van der Waals surface area (Å²) in [4.78, 5) is 14.7. The fourth-order valence-electron chi connectivity index (χ4n) is 4.37. The number of nitrogens with zero attached hydrogens (tertiary/aromatic N) is 1. The Morgan fingerprint density at radius 3 is 2.34 bits per heavy atom. The van der Waals surface area contributed by atoms with E-state index in [1.165, 1.54) is 6.07 Å². The number of hydrogen-bond donors (Lipinski definition) is 1. The molecule has 0 unspecified atom stereocenters. The number of likely N-dealkylation sites (tertiary alicyclic amines) is 1. The minimum atomic E-state index is -3.82. The molecule has 1 amide bonds. The van der Waals surface area contributed by atoms with Crippen LogP contribution in [0.15, 0.2) is 30.3 Å². The Morgan fingerprint density at radius 2 is 1.77 bits per heavy atom. The SMILES string of the molecule is CC1(COc2cc(C3CC3)cc(C(=O)NS(C)(=O)=O)c2F)CCN(Cc2cc(Cl)cc(Cl)c2)CC1. The molecule has 2 aromatic rings. The van der Waals surface area contributed by atoms with Gasteiger partial charge in [-0.05, 0) is 86.1 Å². The fraction of sp³-hybridized carbons (Fsp3) is 0.480. The minimum absolute atomic E-state index is 0.00900. The number of hydrogen-bond acceptors (Lipinski definition) is 5. The van der Waals surface area contributed by atoms with E-state index in [9.17, 15) is 13.2 Å². The zero-order valence-electron chi connectivity index (χ0n) is 19.7. The maximum atomic E-state index is 15.2. The van der Waals surface area contributed by atoms with Gasteiger partial charge in [0.2, 0.25) is 10.0 Å². The molecule has 1 heterocycles. The van der Waals surface area contributed by atoms with Gasteiger partial charge in [0.15, 0.2) is 11.6 Å². The van der Waals surface area contributed by atoms with Crippen LogP contribution in [0.1, 0.15) is 60.0 Å². The highest BCUT2D eigenvalue weighted by Gasteiger charge is 2.33. The zero-order valence-corrected chi connectivity index (χ0v) is 22.1. The van der Waals surface area contributed by atoms with Crippen molar-refractivity contribution in [3.63, 3.8) is 0 Å². The van der Waals surface area contributed by atoms with E-state index in [-0.39, 0.29) is 22.6 Å². The third-order valence-corrected chi connectivity index (χ3v) is 7.59. The second-order valence-electron chi connectivity index (χ2n) is 10.0. The van der Waals surface area contributed by atoms with Gasteiger partial charge in [0, 0.05) is 22.0 Å². The fourth-order valence-corrected chi connectivity index (χ4v) is 5.39. The first kappa shape index (κ1) is 26.2. The highest BCUT2D eigenvalue weighted by molar-refractivity contribution is 7.89. The van der Waals surface area contributed by atoms with Crippen LogP contribution in [0.25, 0.3) is 0 Å². The molecule has 0 aromatic heterocycles. The summed E-state index contributed by atoms with van der Waals surface area (Å²) in [5.74, 6) is -1.60. The summed E-state index contributed by atoms with van der Waals surface area (Å²) in [6, 6.07) is 8.62. The van der Waals surface area contributed by atoms with Crippen molar-refractivity contribution in [2.75, 3.05) is 26.0 Å². The van der Waals surface area contributed by atoms with Crippen molar-refractivity contribution in [2.45, 2.75) is 45.1 Å². The first-order valence-corrected chi connectivity index (χ1v) is 14.2. The molecule has 0 radical (unpaired) electrons. The molecule has 1 N–H and O–H groups in total. The molecule has 6 nitrogen and oxygen atoms in total. The molecule has 1 saturated carbocycles. The van der Waals surface area contributed by atoms with Crippen LogP contribution >= 0.6 is 23.2 Å². The lowest BCUT2D eigenvalue weighted by Crippen LogP contribution is -2.41. The van der Waals surface area contributed by atoms with E-state index in [2.05, 4.69) is 11.8 Å². The summed E-state index contributed by atoms with van der Waals surface area (Å²) in [5, 5.41) is 1.23. The number of rotatable bonds is 8. The average Bonchev–Trinajstić information content (AvgIpc) is 3.58. The lowest BCUT2D eigenvalue weighted by molar-refractivity contribution is 0.0639. The molecule has 1 aliphatic carbocycles. The van der Waals surface area contributed by atoms with E-state index in [1.807, 2.05) is 16.9 Å². The number of carbonyl (C=O) groups excluding carboxylic acids is 1. The van der Waals surface area contributed by atoms with Gasteiger partial charge in [-0.1, -0.05) is 30.1 Å². The number of benzene rings is 2. The second kappa shape index (κ2) is 10.2. The molecule has 4 rings (SSSR count). The monoisotopic (exact) mass is 542 g/mol. The normalized spacial score (nSPS) is 18.3. The molecular weight excluding hydrogens is 514 g/mol. The van der Waals surface area contributed by atoms with Crippen molar-refractivity contribution in [2.24, 2.45) is 5.41 Å². The molecule has 35 heavy (non-hydrogen) atoms. The highest BCUT2D eigenvalue weighted by atomic mass is 35.5. The Kier molecular flexibility index (Phi) is 7.67. The van der Waals surface area contributed by atoms with Gasteiger partial charge in [0.05, 0.1) is 18.4 Å². The largest absolute Gasteiger partial charge is 0.490 e. The summed E-state index contributed by atoms with van der Waals surface area (Å²) in [7, 11) is -3.82. The standard InChI is InChI=1S/C25H29Cl2FN2O4S/c1-25(5-7-30(8-6-25)14-16-9-19(26)13-20(27)10-16)15-34-22-12-18(17-3-4-17)11-21(23(22)28)24(31)29-35(2,32)33/h9-13,17H,3-8,14-15H2,1-2H3,(H,29,31). The van der Waals surface area contributed by atoms with E-state index in [4.69, 9.17) is 27.9 Å². The number of halogens is 3. The van der Waals surface area contributed by atoms with Gasteiger partial charge in [-0.15, -0.1) is 0 Å². The number of piperidine rings is 1. The van der Waals surface area contributed by atoms with E-state index < -0.39 is 21.7 Å². The predicted molar refractivity (Wildman–Crippen MR) is 135 cm³/mol. The third kappa shape index (κ3) is 7.09. The molecule has 2 aromatic carbocycles.